The van der Waals surface area contributed by atoms with E-state index in [0.717, 1.165) is 9.79 Å². The lowest BCUT2D eigenvalue weighted by Crippen LogP contribution is -2.08. The summed E-state index contributed by atoms with van der Waals surface area (Å²) in [7, 11) is -2.39. The van der Waals surface area contributed by atoms with Crippen molar-refractivity contribution in [3.05, 3.63) is 76.5 Å². The van der Waals surface area contributed by atoms with Crippen molar-refractivity contribution in [1.29, 1.82) is 5.26 Å². The van der Waals surface area contributed by atoms with E-state index >= 15 is 0 Å². The first-order valence-electron chi connectivity index (χ1n) is 7.77. The zero-order valence-corrected chi connectivity index (χ0v) is 16.6. The highest BCUT2D eigenvalue weighted by Gasteiger charge is 2.24. The molecule has 0 aliphatic carbocycles. The Balaban J connectivity index is 2.02. The van der Waals surface area contributed by atoms with Gasteiger partial charge in [0, 0.05) is 21.9 Å². The summed E-state index contributed by atoms with van der Waals surface area (Å²) in [6, 6.07) is 16.4. The van der Waals surface area contributed by atoms with Crippen LogP contribution in [-0.4, -0.2) is 18.0 Å². The summed E-state index contributed by atoms with van der Waals surface area (Å²) in [5.41, 5.74) is 0.639. The second kappa shape index (κ2) is 8.01. The molecule has 0 bridgehead atoms. The average molecular weight is 416 g/mol. The van der Waals surface area contributed by atoms with Gasteiger partial charge < -0.3 is 4.57 Å². The van der Waals surface area contributed by atoms with Crippen LogP contribution in [-0.2, 0) is 16.9 Å². The lowest BCUT2D eigenvalue weighted by atomic mass is 10.2. The third-order valence-electron chi connectivity index (χ3n) is 3.69. The van der Waals surface area contributed by atoms with Crippen molar-refractivity contribution < 1.29 is 8.42 Å². The molecule has 3 aromatic rings. The molecule has 0 unspecified atom stereocenters. The molecule has 136 valence electrons. The van der Waals surface area contributed by atoms with E-state index in [1.807, 2.05) is 30.3 Å². The Labute approximate surface area is 166 Å². The first kappa shape index (κ1) is 19.2. The first-order valence-corrected chi connectivity index (χ1v) is 10.5. The minimum Gasteiger partial charge on any atom is -0.325 e. The van der Waals surface area contributed by atoms with Gasteiger partial charge in [-0.2, -0.15) is 5.26 Å². The summed E-state index contributed by atoms with van der Waals surface area (Å²) in [5.74, 6) is 0. The predicted molar refractivity (Wildman–Crippen MR) is 106 cm³/mol. The topological polar surface area (TPSA) is 75.8 Å². The molecule has 8 heteroatoms. The van der Waals surface area contributed by atoms with E-state index in [-0.39, 0.29) is 9.93 Å². The highest BCUT2D eigenvalue weighted by molar-refractivity contribution is 7.99. The molecule has 3 rings (SSSR count). The predicted octanol–water partition coefficient (Wildman–Crippen LogP) is 4.56. The van der Waals surface area contributed by atoms with Crippen LogP contribution in [0.15, 0.2) is 80.8 Å². The molecule has 0 spiro atoms. The number of hydrogen-bond acceptors (Lipinski definition) is 5. The maximum Gasteiger partial charge on any atom is 0.233 e. The third kappa shape index (κ3) is 4.25. The van der Waals surface area contributed by atoms with E-state index < -0.39 is 9.84 Å². The highest BCUT2D eigenvalue weighted by Crippen LogP contribution is 2.33. The summed E-state index contributed by atoms with van der Waals surface area (Å²) >= 11 is 7.38. The number of halogens is 1. The van der Waals surface area contributed by atoms with Crippen LogP contribution >= 0.6 is 23.4 Å². The number of rotatable bonds is 5. The largest absolute Gasteiger partial charge is 0.325 e. The van der Waals surface area contributed by atoms with E-state index in [4.69, 9.17) is 11.6 Å². The van der Waals surface area contributed by atoms with Crippen LogP contribution in [0.1, 0.15) is 5.56 Å². The zero-order valence-electron chi connectivity index (χ0n) is 14.2. The molecule has 2 aromatic carbocycles. The number of imidazole rings is 1. The summed E-state index contributed by atoms with van der Waals surface area (Å²) in [4.78, 5) is 5.27. The van der Waals surface area contributed by atoms with Crippen molar-refractivity contribution in [3.63, 3.8) is 0 Å². The summed E-state index contributed by atoms with van der Waals surface area (Å²) in [6.45, 7) is 0. The molecular formula is C19H14ClN3O2S2. The SMILES string of the molecule is Cn1cncc1S(=O)(=O)/C(C#N)=C\c1ccccc1Sc1ccc(Cl)cc1. The maximum atomic E-state index is 12.8. The smallest absolute Gasteiger partial charge is 0.233 e. The van der Waals surface area contributed by atoms with Crippen LogP contribution in [0.4, 0.5) is 0 Å². The quantitative estimate of drug-likeness (QED) is 0.571. The van der Waals surface area contributed by atoms with Crippen molar-refractivity contribution in [2.24, 2.45) is 7.05 Å². The first-order chi connectivity index (χ1) is 12.9. The van der Waals surface area contributed by atoms with Crippen LogP contribution in [0.2, 0.25) is 5.02 Å². The van der Waals surface area contributed by atoms with Crippen LogP contribution < -0.4 is 0 Å². The molecule has 0 aliphatic heterocycles. The van der Waals surface area contributed by atoms with Crippen LogP contribution in [0.5, 0.6) is 0 Å². The number of nitrogens with zero attached hydrogens (tertiary/aromatic N) is 3. The Morgan fingerprint density at radius 3 is 2.56 bits per heavy atom. The highest BCUT2D eigenvalue weighted by atomic mass is 35.5. The van der Waals surface area contributed by atoms with Gasteiger partial charge in [-0.05, 0) is 42.0 Å². The maximum absolute atomic E-state index is 12.8. The fraction of sp³-hybridized carbons (Fsp3) is 0.0526. The van der Waals surface area contributed by atoms with Crippen LogP contribution in [0.3, 0.4) is 0 Å². The van der Waals surface area contributed by atoms with Crippen molar-refractivity contribution in [2.45, 2.75) is 14.8 Å². The van der Waals surface area contributed by atoms with Gasteiger partial charge in [-0.25, -0.2) is 13.4 Å². The minimum atomic E-state index is -3.96. The molecule has 0 radical (unpaired) electrons. The molecule has 1 heterocycles. The van der Waals surface area contributed by atoms with Crippen molar-refractivity contribution in [1.82, 2.24) is 9.55 Å². The van der Waals surface area contributed by atoms with Gasteiger partial charge in [-0.15, -0.1) is 0 Å². The number of hydrogen-bond donors (Lipinski definition) is 0. The Kier molecular flexibility index (Phi) is 5.71. The van der Waals surface area contributed by atoms with Gasteiger partial charge >= 0.3 is 0 Å². The zero-order chi connectivity index (χ0) is 19.4. The molecule has 5 nitrogen and oxygen atoms in total. The Morgan fingerprint density at radius 1 is 1.22 bits per heavy atom. The molecular weight excluding hydrogens is 402 g/mol. The van der Waals surface area contributed by atoms with Crippen molar-refractivity contribution in [3.8, 4) is 6.07 Å². The third-order valence-corrected chi connectivity index (χ3v) is 6.78. The fourth-order valence-corrected chi connectivity index (χ4v) is 4.65. The Hall–Kier alpha value is -2.53. The molecule has 0 atom stereocenters. The fourth-order valence-electron chi connectivity index (χ4n) is 2.35. The van der Waals surface area contributed by atoms with Crippen molar-refractivity contribution in [2.75, 3.05) is 0 Å². The molecule has 0 fully saturated rings. The molecule has 0 N–H and O–H groups in total. The lowest BCUT2D eigenvalue weighted by molar-refractivity contribution is 0.593. The number of benzene rings is 2. The van der Waals surface area contributed by atoms with E-state index in [1.165, 1.54) is 34.9 Å². The number of aryl methyl sites for hydroxylation is 1. The second-order valence-corrected chi connectivity index (χ2v) is 8.98. The monoisotopic (exact) mass is 415 g/mol. The minimum absolute atomic E-state index is 0.0295. The second-order valence-electron chi connectivity index (χ2n) is 5.56. The van der Waals surface area contributed by atoms with Crippen LogP contribution in [0.25, 0.3) is 6.08 Å². The number of allylic oxidation sites excluding steroid dienone is 1. The van der Waals surface area contributed by atoms with E-state index in [2.05, 4.69) is 4.98 Å². The number of nitriles is 1. The Morgan fingerprint density at radius 2 is 1.93 bits per heavy atom. The van der Waals surface area contributed by atoms with Gasteiger partial charge in [0.1, 0.15) is 6.07 Å². The van der Waals surface area contributed by atoms with Crippen molar-refractivity contribution >= 4 is 39.3 Å². The summed E-state index contributed by atoms with van der Waals surface area (Å²) < 4.78 is 26.9. The van der Waals surface area contributed by atoms with Gasteiger partial charge in [0.25, 0.3) is 0 Å². The van der Waals surface area contributed by atoms with Gasteiger partial charge in [-0.3, -0.25) is 0 Å². The standard InChI is InChI=1S/C19H14ClN3O2S2/c1-23-13-22-12-19(23)27(24,25)17(11-21)10-14-4-2-3-5-18(14)26-16-8-6-15(20)7-9-16/h2-10,12-13H,1H3/b17-10-. The molecule has 1 aromatic heterocycles. The molecule has 0 aliphatic rings. The normalized spacial score (nSPS) is 12.0. The molecule has 0 saturated carbocycles. The van der Waals surface area contributed by atoms with E-state index in [9.17, 15) is 13.7 Å². The number of aromatic nitrogens is 2. The van der Waals surface area contributed by atoms with Gasteiger partial charge in [0.05, 0.1) is 12.5 Å². The van der Waals surface area contributed by atoms with E-state index in [0.29, 0.717) is 10.6 Å². The average Bonchev–Trinajstić information content (AvgIpc) is 3.09. The molecule has 0 saturated heterocycles. The summed E-state index contributed by atoms with van der Waals surface area (Å²) in [5, 5.41) is 10.1. The van der Waals surface area contributed by atoms with E-state index in [1.54, 1.807) is 31.3 Å². The van der Waals surface area contributed by atoms with Crippen LogP contribution in [0, 0.1) is 11.3 Å². The Bertz CT molecular complexity index is 1140. The molecule has 27 heavy (non-hydrogen) atoms. The van der Waals surface area contributed by atoms with Gasteiger partial charge in [0.2, 0.25) is 9.84 Å². The summed E-state index contributed by atoms with van der Waals surface area (Å²) in [6.07, 6.45) is 4.00. The molecule has 0 amide bonds. The van der Waals surface area contributed by atoms with Gasteiger partial charge in [-0.1, -0.05) is 41.6 Å². The number of sulfone groups is 1. The van der Waals surface area contributed by atoms with Gasteiger partial charge in [0.15, 0.2) is 9.93 Å². The lowest BCUT2D eigenvalue weighted by Gasteiger charge is -2.08.